The molecule has 29 heavy (non-hydrogen) atoms. The second-order valence-corrected chi connectivity index (χ2v) is 9.12. The molecule has 9 heteroatoms. The van der Waals surface area contributed by atoms with Crippen LogP contribution < -0.4 is 0 Å². The molecule has 1 atom stereocenters. The fraction of sp³-hybridized carbons (Fsp3) is 0.300. The molecule has 0 unspecified atom stereocenters. The van der Waals surface area contributed by atoms with Gasteiger partial charge < -0.3 is 14.4 Å². The van der Waals surface area contributed by atoms with Crippen LogP contribution >= 0.6 is 27.3 Å². The Morgan fingerprint density at radius 3 is 2.69 bits per heavy atom. The van der Waals surface area contributed by atoms with Crippen molar-refractivity contribution in [3.63, 3.8) is 0 Å². The second kappa shape index (κ2) is 7.56. The lowest BCUT2D eigenvalue weighted by molar-refractivity contribution is 0.127. The van der Waals surface area contributed by atoms with E-state index >= 15 is 0 Å². The summed E-state index contributed by atoms with van der Waals surface area (Å²) in [5.74, 6) is 1.20. The standard InChI is InChI=1S/C20H20BrN5O2S/c1-24-7-9-25(10-8-24)16(13-4-2-5-14(21)12-13)17-19(27)26-20(29-17)22-18(23-26)15-6-3-11-28-15/h2-6,11-12,16,27H,7-10H2,1H3/t16-/m1/s1. The average Bonchev–Trinajstić information content (AvgIpc) is 3.43. The number of furan rings is 1. The van der Waals surface area contributed by atoms with Gasteiger partial charge in [-0.3, -0.25) is 4.90 Å². The maximum Gasteiger partial charge on any atom is 0.230 e. The van der Waals surface area contributed by atoms with Crippen LogP contribution in [-0.4, -0.2) is 62.7 Å². The monoisotopic (exact) mass is 473 g/mol. The summed E-state index contributed by atoms with van der Waals surface area (Å²) >= 11 is 5.06. The van der Waals surface area contributed by atoms with Gasteiger partial charge in [0.2, 0.25) is 16.7 Å². The summed E-state index contributed by atoms with van der Waals surface area (Å²) in [7, 11) is 2.14. The van der Waals surface area contributed by atoms with Gasteiger partial charge in [0, 0.05) is 30.7 Å². The van der Waals surface area contributed by atoms with Crippen LogP contribution in [-0.2, 0) is 0 Å². The molecule has 1 aliphatic heterocycles. The zero-order valence-electron chi connectivity index (χ0n) is 15.8. The number of piperazine rings is 1. The van der Waals surface area contributed by atoms with Crippen molar-refractivity contribution in [2.24, 2.45) is 0 Å². The third-order valence-electron chi connectivity index (χ3n) is 5.26. The van der Waals surface area contributed by atoms with E-state index in [-0.39, 0.29) is 11.9 Å². The molecule has 1 N–H and O–H groups in total. The highest BCUT2D eigenvalue weighted by Crippen LogP contribution is 2.41. The summed E-state index contributed by atoms with van der Waals surface area (Å²) in [6, 6.07) is 11.8. The van der Waals surface area contributed by atoms with Gasteiger partial charge in [-0.2, -0.15) is 9.50 Å². The second-order valence-electron chi connectivity index (χ2n) is 7.19. The molecule has 1 saturated heterocycles. The van der Waals surface area contributed by atoms with Crippen LogP contribution in [0.3, 0.4) is 0 Å². The Bertz CT molecular complexity index is 1130. The summed E-state index contributed by atoms with van der Waals surface area (Å²) in [5, 5.41) is 15.5. The van der Waals surface area contributed by atoms with Crippen LogP contribution in [0, 0.1) is 0 Å². The van der Waals surface area contributed by atoms with Crippen molar-refractivity contribution in [1.29, 1.82) is 0 Å². The number of benzene rings is 1. The Morgan fingerprint density at radius 2 is 2.00 bits per heavy atom. The molecule has 1 aliphatic rings. The first-order chi connectivity index (χ1) is 14.1. The van der Waals surface area contributed by atoms with Gasteiger partial charge in [0.1, 0.15) is 0 Å². The molecule has 3 aromatic heterocycles. The highest BCUT2D eigenvalue weighted by Gasteiger charge is 2.31. The Kier molecular flexibility index (Phi) is 4.91. The number of nitrogens with zero attached hydrogens (tertiary/aromatic N) is 5. The van der Waals surface area contributed by atoms with Crippen molar-refractivity contribution in [2.45, 2.75) is 6.04 Å². The van der Waals surface area contributed by atoms with Crippen molar-refractivity contribution < 1.29 is 9.52 Å². The molecule has 0 amide bonds. The van der Waals surface area contributed by atoms with Crippen LogP contribution in [0.5, 0.6) is 5.88 Å². The first-order valence-electron chi connectivity index (χ1n) is 9.40. The molecule has 4 aromatic rings. The fourth-order valence-electron chi connectivity index (χ4n) is 3.72. The van der Waals surface area contributed by atoms with Gasteiger partial charge in [-0.15, -0.1) is 5.10 Å². The number of aromatic nitrogens is 3. The van der Waals surface area contributed by atoms with E-state index in [2.05, 4.69) is 55.0 Å². The molecule has 0 saturated carbocycles. The normalized spacial score (nSPS) is 17.2. The summed E-state index contributed by atoms with van der Waals surface area (Å²) in [4.78, 5) is 10.8. The van der Waals surface area contributed by atoms with Gasteiger partial charge >= 0.3 is 0 Å². The van der Waals surface area contributed by atoms with E-state index in [0.29, 0.717) is 16.5 Å². The SMILES string of the molecule is CN1CCN([C@H](c2cccc(Br)c2)c2sc3nc(-c4ccco4)nn3c2O)CC1. The third kappa shape index (κ3) is 3.48. The van der Waals surface area contributed by atoms with E-state index in [1.807, 2.05) is 18.2 Å². The van der Waals surface area contributed by atoms with E-state index in [4.69, 9.17) is 4.42 Å². The van der Waals surface area contributed by atoms with E-state index in [1.165, 1.54) is 15.9 Å². The Morgan fingerprint density at radius 1 is 1.17 bits per heavy atom. The maximum atomic E-state index is 11.1. The van der Waals surface area contributed by atoms with Crippen molar-refractivity contribution in [3.8, 4) is 17.5 Å². The van der Waals surface area contributed by atoms with Crippen molar-refractivity contribution >= 4 is 32.2 Å². The zero-order valence-corrected chi connectivity index (χ0v) is 18.2. The zero-order chi connectivity index (χ0) is 20.0. The van der Waals surface area contributed by atoms with E-state index < -0.39 is 0 Å². The average molecular weight is 474 g/mol. The lowest BCUT2D eigenvalue weighted by atomic mass is 10.0. The molecule has 0 radical (unpaired) electrons. The molecule has 5 rings (SSSR count). The molecule has 0 aliphatic carbocycles. The topological polar surface area (TPSA) is 70.0 Å². The summed E-state index contributed by atoms with van der Waals surface area (Å²) < 4.78 is 7.92. The Hall–Kier alpha value is -2.20. The minimum Gasteiger partial charge on any atom is -0.492 e. The predicted molar refractivity (Wildman–Crippen MR) is 115 cm³/mol. The van der Waals surface area contributed by atoms with E-state index in [9.17, 15) is 5.11 Å². The van der Waals surface area contributed by atoms with Crippen molar-refractivity contribution in [3.05, 3.63) is 57.6 Å². The van der Waals surface area contributed by atoms with Crippen molar-refractivity contribution in [2.75, 3.05) is 33.2 Å². The molecule has 1 fully saturated rings. The number of thiazole rings is 1. The number of halogens is 1. The minimum absolute atomic E-state index is 0.0539. The van der Waals surface area contributed by atoms with Gasteiger partial charge in [-0.1, -0.05) is 39.4 Å². The van der Waals surface area contributed by atoms with Crippen LogP contribution in [0.25, 0.3) is 16.5 Å². The first kappa shape index (κ1) is 18.8. The third-order valence-corrected chi connectivity index (χ3v) is 6.82. The number of aromatic hydroxyl groups is 1. The highest BCUT2D eigenvalue weighted by molar-refractivity contribution is 9.10. The number of fused-ring (bicyclic) bond motifs is 1. The number of likely N-dealkylation sites (N-methyl/N-ethyl adjacent to an activating group) is 1. The number of rotatable bonds is 4. The molecule has 4 heterocycles. The Balaban J connectivity index is 1.59. The molecule has 7 nitrogen and oxygen atoms in total. The summed E-state index contributed by atoms with van der Waals surface area (Å²) in [6.07, 6.45) is 1.59. The number of hydrogen-bond donors (Lipinski definition) is 1. The van der Waals surface area contributed by atoms with Crippen LogP contribution in [0.4, 0.5) is 0 Å². The smallest absolute Gasteiger partial charge is 0.230 e. The number of hydrogen-bond acceptors (Lipinski definition) is 7. The van der Waals surface area contributed by atoms with E-state index in [0.717, 1.165) is 41.1 Å². The van der Waals surface area contributed by atoms with E-state index in [1.54, 1.807) is 12.3 Å². The quantitative estimate of drug-likeness (QED) is 0.485. The maximum absolute atomic E-state index is 11.1. The predicted octanol–water partition coefficient (Wildman–Crippen LogP) is 3.86. The van der Waals surface area contributed by atoms with Crippen LogP contribution in [0.2, 0.25) is 0 Å². The van der Waals surface area contributed by atoms with Gasteiger partial charge in [0.15, 0.2) is 5.76 Å². The molecule has 0 bridgehead atoms. The largest absolute Gasteiger partial charge is 0.492 e. The van der Waals surface area contributed by atoms with Crippen molar-refractivity contribution in [1.82, 2.24) is 24.4 Å². The minimum atomic E-state index is -0.0539. The van der Waals surface area contributed by atoms with Crippen LogP contribution in [0.15, 0.2) is 51.6 Å². The summed E-state index contributed by atoms with van der Waals surface area (Å²) in [6.45, 7) is 3.85. The molecule has 0 spiro atoms. The molecular formula is C20H20BrN5O2S. The molecule has 1 aromatic carbocycles. The fourth-order valence-corrected chi connectivity index (χ4v) is 5.26. The van der Waals surface area contributed by atoms with Gasteiger partial charge in [0.05, 0.1) is 17.2 Å². The lowest BCUT2D eigenvalue weighted by Crippen LogP contribution is -2.46. The van der Waals surface area contributed by atoms with Gasteiger partial charge in [-0.25, -0.2) is 0 Å². The summed E-state index contributed by atoms with van der Waals surface area (Å²) in [5.41, 5.74) is 1.13. The molecular weight excluding hydrogens is 454 g/mol. The van der Waals surface area contributed by atoms with Gasteiger partial charge in [0.25, 0.3) is 0 Å². The van der Waals surface area contributed by atoms with Crippen LogP contribution in [0.1, 0.15) is 16.5 Å². The lowest BCUT2D eigenvalue weighted by Gasteiger charge is -2.37. The first-order valence-corrected chi connectivity index (χ1v) is 11.0. The highest BCUT2D eigenvalue weighted by atomic mass is 79.9. The van der Waals surface area contributed by atoms with Gasteiger partial charge in [-0.05, 0) is 36.9 Å². The Labute approximate surface area is 180 Å². The molecule has 150 valence electrons.